The van der Waals surface area contributed by atoms with Gasteiger partial charge in [-0.2, -0.15) is 0 Å². The van der Waals surface area contributed by atoms with Crippen LogP contribution in [0.2, 0.25) is 0 Å². The fraction of sp³-hybridized carbons (Fsp3) is 0.400. The summed E-state index contributed by atoms with van der Waals surface area (Å²) in [5.41, 5.74) is 0. The smallest absolute Gasteiger partial charge is 0.330 e. The van der Waals surface area contributed by atoms with Crippen molar-refractivity contribution in [2.75, 3.05) is 19.8 Å². The lowest BCUT2D eigenvalue weighted by molar-refractivity contribution is -0.144. The molecule has 0 saturated carbocycles. The van der Waals surface area contributed by atoms with Crippen LogP contribution in [0.1, 0.15) is 26.2 Å². The number of rotatable bonds is 13. The van der Waals surface area contributed by atoms with Crippen LogP contribution in [0.25, 0.3) is 0 Å². The van der Waals surface area contributed by atoms with E-state index >= 15 is 0 Å². The Morgan fingerprint density at radius 1 is 0.679 bits per heavy atom. The van der Waals surface area contributed by atoms with Crippen molar-refractivity contribution in [1.82, 2.24) is 0 Å². The van der Waals surface area contributed by atoms with Crippen molar-refractivity contribution in [2.45, 2.75) is 32.3 Å². The summed E-state index contributed by atoms with van der Waals surface area (Å²) in [6, 6.07) is 0. The highest BCUT2D eigenvalue weighted by molar-refractivity contribution is 5.82. The number of carbonyl (C=O) groups excluding carboxylic acids is 4. The number of hydrogen-bond acceptors (Lipinski definition) is 8. The van der Waals surface area contributed by atoms with Gasteiger partial charge < -0.3 is 18.9 Å². The van der Waals surface area contributed by atoms with Gasteiger partial charge in [0.1, 0.15) is 6.10 Å². The number of carbonyl (C=O) groups is 4. The van der Waals surface area contributed by atoms with Crippen molar-refractivity contribution in [2.24, 2.45) is 0 Å². The zero-order valence-electron chi connectivity index (χ0n) is 16.2. The minimum Gasteiger partial charge on any atom is -0.463 e. The molecule has 0 N–H and O–H groups in total. The Labute approximate surface area is 165 Å². The third-order valence-electron chi connectivity index (χ3n) is 2.78. The highest BCUT2D eigenvalue weighted by atomic mass is 16.6. The second-order valence-corrected chi connectivity index (χ2v) is 5.06. The second kappa shape index (κ2) is 18.6. The van der Waals surface area contributed by atoms with E-state index in [1.807, 2.05) is 0 Å². The van der Waals surface area contributed by atoms with Gasteiger partial charge in [0.2, 0.25) is 0 Å². The van der Waals surface area contributed by atoms with E-state index in [4.69, 9.17) is 18.9 Å². The molecule has 8 heteroatoms. The zero-order chi connectivity index (χ0) is 21.8. The number of hydrogen-bond donors (Lipinski definition) is 0. The Balaban J connectivity index is 0. The molecule has 1 atom stereocenters. The summed E-state index contributed by atoms with van der Waals surface area (Å²) in [5.74, 6) is -1.83. The molecule has 0 aromatic rings. The predicted octanol–water partition coefficient (Wildman–Crippen LogP) is 2.45. The molecule has 0 radical (unpaired) electrons. The van der Waals surface area contributed by atoms with Gasteiger partial charge in [0.15, 0.2) is 0 Å². The highest BCUT2D eigenvalue weighted by Crippen LogP contribution is 1.99. The molecule has 0 rings (SSSR count). The first-order chi connectivity index (χ1) is 13.3. The quantitative estimate of drug-likeness (QED) is 0.202. The standard InChI is InChI=1S/2C10H14O4/c1-4-9(11)13-7-6-8(3)14-10(12)5-2;1-3-9(11)13-7-5-6-8-14-10(12)4-2/h4-5,8H,1-2,6-7H2,3H3;3-4H,1-2,5-8H2. The normalized spacial score (nSPS) is 10.0. The van der Waals surface area contributed by atoms with Crippen LogP contribution < -0.4 is 0 Å². The Hall–Kier alpha value is -3.16. The van der Waals surface area contributed by atoms with Crippen LogP contribution in [0, 0.1) is 0 Å². The molecular formula is C20H28O8. The van der Waals surface area contributed by atoms with Crippen molar-refractivity contribution in [1.29, 1.82) is 0 Å². The number of ether oxygens (including phenoxy) is 4. The van der Waals surface area contributed by atoms with Gasteiger partial charge >= 0.3 is 23.9 Å². The minimum atomic E-state index is -0.479. The van der Waals surface area contributed by atoms with Gasteiger partial charge in [-0.25, -0.2) is 19.2 Å². The largest absolute Gasteiger partial charge is 0.463 e. The van der Waals surface area contributed by atoms with Gasteiger partial charge in [-0.05, 0) is 19.8 Å². The molecule has 0 aliphatic heterocycles. The molecule has 8 nitrogen and oxygen atoms in total. The fourth-order valence-electron chi connectivity index (χ4n) is 1.36. The molecule has 156 valence electrons. The molecular weight excluding hydrogens is 368 g/mol. The molecule has 1 unspecified atom stereocenters. The Kier molecular flexibility index (Phi) is 18.0. The number of esters is 4. The summed E-state index contributed by atoms with van der Waals surface area (Å²) < 4.78 is 19.0. The van der Waals surface area contributed by atoms with Crippen LogP contribution in [-0.2, 0) is 38.1 Å². The van der Waals surface area contributed by atoms with E-state index in [1.165, 1.54) is 0 Å². The van der Waals surface area contributed by atoms with Crippen molar-refractivity contribution >= 4 is 23.9 Å². The van der Waals surface area contributed by atoms with Crippen LogP contribution in [0.4, 0.5) is 0 Å². The maximum Gasteiger partial charge on any atom is 0.330 e. The lowest BCUT2D eigenvalue weighted by Gasteiger charge is -2.11. The molecule has 0 aliphatic carbocycles. The van der Waals surface area contributed by atoms with Crippen molar-refractivity contribution in [3.63, 3.8) is 0 Å². The van der Waals surface area contributed by atoms with Crippen LogP contribution in [0.15, 0.2) is 50.6 Å². The van der Waals surface area contributed by atoms with E-state index < -0.39 is 23.9 Å². The maximum absolute atomic E-state index is 10.7. The molecule has 0 amide bonds. The third kappa shape index (κ3) is 19.2. The van der Waals surface area contributed by atoms with Gasteiger partial charge in [-0.1, -0.05) is 26.3 Å². The topological polar surface area (TPSA) is 105 Å². The fourth-order valence-corrected chi connectivity index (χ4v) is 1.36. The van der Waals surface area contributed by atoms with Gasteiger partial charge in [0, 0.05) is 30.7 Å². The first kappa shape index (κ1) is 27.1. The second-order valence-electron chi connectivity index (χ2n) is 5.06. The monoisotopic (exact) mass is 396 g/mol. The third-order valence-corrected chi connectivity index (χ3v) is 2.78. The average Bonchev–Trinajstić information content (AvgIpc) is 2.69. The van der Waals surface area contributed by atoms with Gasteiger partial charge in [0.05, 0.1) is 19.8 Å². The average molecular weight is 396 g/mol. The van der Waals surface area contributed by atoms with E-state index in [2.05, 4.69) is 26.3 Å². The summed E-state index contributed by atoms with van der Waals surface area (Å²) in [6.45, 7) is 15.6. The van der Waals surface area contributed by atoms with E-state index in [-0.39, 0.29) is 12.7 Å². The Morgan fingerprint density at radius 2 is 1.04 bits per heavy atom. The predicted molar refractivity (Wildman–Crippen MR) is 103 cm³/mol. The van der Waals surface area contributed by atoms with E-state index in [0.717, 1.165) is 24.3 Å². The molecule has 0 bridgehead atoms. The van der Waals surface area contributed by atoms with Crippen LogP contribution in [0.3, 0.4) is 0 Å². The molecule has 0 aliphatic rings. The summed E-state index contributed by atoms with van der Waals surface area (Å²) in [4.78, 5) is 42.4. The van der Waals surface area contributed by atoms with Gasteiger partial charge in [0.25, 0.3) is 0 Å². The summed E-state index contributed by atoms with van der Waals surface area (Å²) in [6.07, 6.45) is 5.87. The molecule has 0 aromatic heterocycles. The molecule has 0 fully saturated rings. The van der Waals surface area contributed by atoms with Crippen molar-refractivity contribution < 1.29 is 38.1 Å². The molecule has 28 heavy (non-hydrogen) atoms. The molecule has 0 saturated heterocycles. The van der Waals surface area contributed by atoms with Crippen LogP contribution in [-0.4, -0.2) is 49.8 Å². The SMILES string of the molecule is C=CC(=O)OCCC(C)OC(=O)C=C.C=CC(=O)OCCCCOC(=O)C=C. The summed E-state index contributed by atoms with van der Waals surface area (Å²) in [5, 5.41) is 0. The van der Waals surface area contributed by atoms with E-state index in [9.17, 15) is 19.2 Å². The van der Waals surface area contributed by atoms with E-state index in [0.29, 0.717) is 32.5 Å². The maximum atomic E-state index is 10.7. The number of unbranched alkanes of at least 4 members (excludes halogenated alkanes) is 1. The van der Waals surface area contributed by atoms with Gasteiger partial charge in [-0.15, -0.1) is 0 Å². The Bertz CT molecular complexity index is 526. The summed E-state index contributed by atoms with van der Waals surface area (Å²) >= 11 is 0. The summed E-state index contributed by atoms with van der Waals surface area (Å²) in [7, 11) is 0. The Morgan fingerprint density at radius 3 is 1.39 bits per heavy atom. The van der Waals surface area contributed by atoms with Crippen molar-refractivity contribution in [3.8, 4) is 0 Å². The van der Waals surface area contributed by atoms with Crippen LogP contribution >= 0.6 is 0 Å². The zero-order valence-corrected chi connectivity index (χ0v) is 16.2. The molecule has 0 heterocycles. The molecule has 0 aromatic carbocycles. The minimum absolute atomic E-state index is 0.205. The highest BCUT2D eigenvalue weighted by Gasteiger charge is 2.07. The van der Waals surface area contributed by atoms with Gasteiger partial charge in [-0.3, -0.25) is 0 Å². The van der Waals surface area contributed by atoms with E-state index in [1.54, 1.807) is 6.92 Å². The first-order valence-electron chi connectivity index (χ1n) is 8.51. The van der Waals surface area contributed by atoms with Crippen molar-refractivity contribution in [3.05, 3.63) is 50.6 Å². The van der Waals surface area contributed by atoms with Crippen LogP contribution in [0.5, 0.6) is 0 Å². The lowest BCUT2D eigenvalue weighted by atomic mass is 10.3. The lowest BCUT2D eigenvalue weighted by Crippen LogP contribution is -2.16. The first-order valence-corrected chi connectivity index (χ1v) is 8.51. The molecule has 0 spiro atoms.